The van der Waals surface area contributed by atoms with Gasteiger partial charge in [-0.1, -0.05) is 22.9 Å². The highest BCUT2D eigenvalue weighted by Crippen LogP contribution is 2.35. The summed E-state index contributed by atoms with van der Waals surface area (Å²) in [6.45, 7) is 6.33. The summed E-state index contributed by atoms with van der Waals surface area (Å²) >= 11 is 7.66. The SMILES string of the molecule is Cc1c(Cl)ccc2sc(N(Cc3ccco3)C(=O)c3ccc(S(=O)(=O)N4CC(C)OC(C)C4)cc3)nc12. The van der Waals surface area contributed by atoms with E-state index in [2.05, 4.69) is 0 Å². The average molecular weight is 560 g/mol. The van der Waals surface area contributed by atoms with Crippen LogP contribution in [0.5, 0.6) is 0 Å². The van der Waals surface area contributed by atoms with Gasteiger partial charge in [-0.2, -0.15) is 4.31 Å². The first-order valence-electron chi connectivity index (χ1n) is 11.8. The zero-order valence-corrected chi connectivity index (χ0v) is 22.9. The lowest BCUT2D eigenvalue weighted by Gasteiger charge is -2.34. The fraction of sp³-hybridized carbons (Fsp3) is 0.308. The highest BCUT2D eigenvalue weighted by molar-refractivity contribution is 7.89. The van der Waals surface area contributed by atoms with Crippen molar-refractivity contribution in [2.75, 3.05) is 18.0 Å². The summed E-state index contributed by atoms with van der Waals surface area (Å²) in [5.41, 5.74) is 1.91. The quantitative estimate of drug-likeness (QED) is 0.310. The Labute approximate surface area is 224 Å². The van der Waals surface area contributed by atoms with Gasteiger partial charge in [-0.3, -0.25) is 9.69 Å². The Morgan fingerprint density at radius 3 is 2.49 bits per heavy atom. The molecule has 2 atom stereocenters. The molecule has 2 unspecified atom stereocenters. The molecule has 0 saturated carbocycles. The maximum Gasteiger partial charge on any atom is 0.260 e. The minimum Gasteiger partial charge on any atom is -0.467 e. The summed E-state index contributed by atoms with van der Waals surface area (Å²) in [7, 11) is -3.72. The van der Waals surface area contributed by atoms with Crippen LogP contribution in [-0.2, 0) is 21.3 Å². The van der Waals surface area contributed by atoms with Crippen LogP contribution in [0.1, 0.15) is 35.5 Å². The monoisotopic (exact) mass is 559 g/mol. The van der Waals surface area contributed by atoms with Crippen molar-refractivity contribution in [2.24, 2.45) is 0 Å². The molecule has 5 rings (SSSR count). The number of halogens is 1. The van der Waals surface area contributed by atoms with Crippen molar-refractivity contribution in [1.29, 1.82) is 0 Å². The number of benzene rings is 2. The van der Waals surface area contributed by atoms with Crippen molar-refractivity contribution >= 4 is 54.2 Å². The fourth-order valence-electron chi connectivity index (χ4n) is 4.39. The van der Waals surface area contributed by atoms with E-state index >= 15 is 0 Å². The molecule has 37 heavy (non-hydrogen) atoms. The first-order valence-corrected chi connectivity index (χ1v) is 14.4. The number of nitrogens with zero attached hydrogens (tertiary/aromatic N) is 3. The van der Waals surface area contributed by atoms with E-state index in [9.17, 15) is 13.2 Å². The van der Waals surface area contributed by atoms with Crippen molar-refractivity contribution in [3.63, 3.8) is 0 Å². The molecular formula is C26H26ClN3O5S2. The van der Waals surface area contributed by atoms with Crippen LogP contribution in [0, 0.1) is 6.92 Å². The van der Waals surface area contributed by atoms with E-state index in [0.717, 1.165) is 15.8 Å². The number of carbonyl (C=O) groups excluding carboxylic acids is 1. The number of sulfonamides is 1. The summed E-state index contributed by atoms with van der Waals surface area (Å²) in [5.74, 6) is 0.272. The largest absolute Gasteiger partial charge is 0.467 e. The Hall–Kier alpha value is -2.76. The number of anilines is 1. The number of morpholine rings is 1. The molecule has 0 bridgehead atoms. The van der Waals surface area contributed by atoms with Gasteiger partial charge in [0.05, 0.1) is 40.1 Å². The number of amides is 1. The van der Waals surface area contributed by atoms with Gasteiger partial charge in [-0.15, -0.1) is 0 Å². The van der Waals surface area contributed by atoms with E-state index in [4.69, 9.17) is 25.7 Å². The Balaban J connectivity index is 1.46. The molecule has 1 amide bonds. The van der Waals surface area contributed by atoms with Crippen molar-refractivity contribution in [1.82, 2.24) is 9.29 Å². The molecule has 0 aliphatic carbocycles. The number of aromatic nitrogens is 1. The van der Waals surface area contributed by atoms with Crippen molar-refractivity contribution in [2.45, 2.75) is 44.4 Å². The van der Waals surface area contributed by atoms with Gasteiger partial charge in [0.25, 0.3) is 5.91 Å². The number of rotatable bonds is 6. The van der Waals surface area contributed by atoms with E-state index in [-0.39, 0.29) is 42.6 Å². The van der Waals surface area contributed by atoms with Crippen LogP contribution in [0.15, 0.2) is 64.1 Å². The lowest BCUT2D eigenvalue weighted by molar-refractivity contribution is -0.0440. The molecule has 3 heterocycles. The lowest BCUT2D eigenvalue weighted by atomic mass is 10.2. The lowest BCUT2D eigenvalue weighted by Crippen LogP contribution is -2.48. The number of aryl methyl sites for hydroxylation is 1. The molecule has 8 nitrogen and oxygen atoms in total. The zero-order chi connectivity index (χ0) is 26.3. The van der Waals surface area contributed by atoms with Crippen LogP contribution in [0.25, 0.3) is 10.2 Å². The number of hydrogen-bond donors (Lipinski definition) is 0. The Morgan fingerprint density at radius 1 is 1.14 bits per heavy atom. The molecule has 4 aromatic rings. The predicted octanol–water partition coefficient (Wildman–Crippen LogP) is 5.50. The highest BCUT2D eigenvalue weighted by Gasteiger charge is 2.32. The van der Waals surface area contributed by atoms with Gasteiger partial charge in [-0.05, 0) is 74.9 Å². The summed E-state index contributed by atoms with van der Waals surface area (Å²) in [6, 6.07) is 13.3. The molecular weight excluding hydrogens is 534 g/mol. The van der Waals surface area contributed by atoms with Gasteiger partial charge < -0.3 is 9.15 Å². The molecule has 2 aromatic carbocycles. The Morgan fingerprint density at radius 2 is 1.84 bits per heavy atom. The summed E-state index contributed by atoms with van der Waals surface area (Å²) in [4.78, 5) is 20.1. The van der Waals surface area contributed by atoms with E-state index in [1.54, 1.807) is 18.4 Å². The minimum atomic E-state index is -3.72. The third kappa shape index (κ3) is 5.17. The second-order valence-corrected chi connectivity index (χ2v) is 12.4. The number of ether oxygens (including phenoxy) is 1. The molecule has 194 valence electrons. The summed E-state index contributed by atoms with van der Waals surface area (Å²) in [6.07, 6.45) is 1.16. The number of furan rings is 1. The topological polar surface area (TPSA) is 93.0 Å². The van der Waals surface area contributed by atoms with Crippen LogP contribution in [-0.4, -0.2) is 48.9 Å². The maximum absolute atomic E-state index is 13.7. The van der Waals surface area contributed by atoms with Crippen molar-refractivity contribution < 1.29 is 22.4 Å². The van der Waals surface area contributed by atoms with Gasteiger partial charge in [0.1, 0.15) is 5.76 Å². The smallest absolute Gasteiger partial charge is 0.260 e. The molecule has 1 fully saturated rings. The predicted molar refractivity (Wildman–Crippen MR) is 144 cm³/mol. The third-order valence-electron chi connectivity index (χ3n) is 6.23. The Kier molecular flexibility index (Phi) is 7.12. The molecule has 2 aromatic heterocycles. The first-order chi connectivity index (χ1) is 17.6. The number of hydrogen-bond acceptors (Lipinski definition) is 7. The molecule has 0 radical (unpaired) electrons. The van der Waals surface area contributed by atoms with E-state index in [1.165, 1.54) is 44.8 Å². The van der Waals surface area contributed by atoms with Crippen LogP contribution in [0.3, 0.4) is 0 Å². The average Bonchev–Trinajstić information content (AvgIpc) is 3.54. The first kappa shape index (κ1) is 25.9. The van der Waals surface area contributed by atoms with Crippen molar-refractivity contribution in [3.05, 3.63) is 76.7 Å². The second-order valence-electron chi connectivity index (χ2n) is 9.09. The van der Waals surface area contributed by atoms with Gasteiger partial charge in [0.15, 0.2) is 5.13 Å². The standard InChI is InChI=1S/C26H26ClN3O5S2/c1-16-13-29(14-17(2)35-16)37(32,33)21-8-6-19(7-9-21)25(31)30(15-20-5-4-12-34-20)26-28-24-18(3)22(27)10-11-23(24)36-26/h4-12,16-17H,13-15H2,1-3H3. The number of thiazole rings is 1. The van der Waals surface area contributed by atoms with Gasteiger partial charge >= 0.3 is 0 Å². The highest BCUT2D eigenvalue weighted by atomic mass is 35.5. The fourth-order valence-corrected chi connectivity index (χ4v) is 7.16. The molecule has 1 aliphatic heterocycles. The van der Waals surface area contributed by atoms with E-state index < -0.39 is 10.0 Å². The van der Waals surface area contributed by atoms with Crippen LogP contribution >= 0.6 is 22.9 Å². The molecule has 0 N–H and O–H groups in total. The van der Waals surface area contributed by atoms with E-state index in [1.807, 2.05) is 32.9 Å². The number of fused-ring (bicyclic) bond motifs is 1. The molecule has 0 spiro atoms. The van der Waals surface area contributed by atoms with Crippen molar-refractivity contribution in [3.8, 4) is 0 Å². The van der Waals surface area contributed by atoms with E-state index in [0.29, 0.717) is 21.5 Å². The normalized spacial score (nSPS) is 18.8. The van der Waals surface area contributed by atoms with Gasteiger partial charge in [-0.25, -0.2) is 13.4 Å². The summed E-state index contributed by atoms with van der Waals surface area (Å²) in [5, 5.41) is 1.10. The molecule has 11 heteroatoms. The second kappa shape index (κ2) is 10.2. The molecule has 1 aliphatic rings. The van der Waals surface area contributed by atoms with Crippen LogP contribution < -0.4 is 4.90 Å². The summed E-state index contributed by atoms with van der Waals surface area (Å²) < 4.78 is 40.0. The third-order valence-corrected chi connectivity index (χ3v) is 9.53. The minimum absolute atomic E-state index is 0.133. The van der Waals surface area contributed by atoms with Gasteiger partial charge in [0, 0.05) is 23.7 Å². The van der Waals surface area contributed by atoms with Crippen LogP contribution in [0.4, 0.5) is 5.13 Å². The molecule has 1 saturated heterocycles. The zero-order valence-electron chi connectivity index (χ0n) is 20.5. The maximum atomic E-state index is 13.7. The van der Waals surface area contributed by atoms with Crippen LogP contribution in [0.2, 0.25) is 5.02 Å². The Bertz CT molecular complexity index is 1520. The number of carbonyl (C=O) groups is 1. The van der Waals surface area contributed by atoms with Gasteiger partial charge in [0.2, 0.25) is 10.0 Å².